The smallest absolute Gasteiger partial charge is 0.350 e. The highest BCUT2D eigenvalue weighted by atomic mass is 19.4. The van der Waals surface area contributed by atoms with Crippen molar-refractivity contribution < 1.29 is 22.8 Å². The number of alkyl halides is 3. The topological polar surface area (TPSA) is 49.4 Å². The number of nitrogens with zero attached hydrogens (tertiary/aromatic N) is 1. The molecule has 1 heterocycles. The summed E-state index contributed by atoms with van der Waals surface area (Å²) in [4.78, 5) is 28.4. The third-order valence-electron chi connectivity index (χ3n) is 8.03. The molecule has 7 heteroatoms. The zero-order valence-corrected chi connectivity index (χ0v) is 17.6. The second-order valence-electron chi connectivity index (χ2n) is 10.3. The number of hydrogen-bond acceptors (Lipinski definition) is 2. The van der Waals surface area contributed by atoms with E-state index in [1.54, 1.807) is 11.0 Å². The highest BCUT2D eigenvalue weighted by molar-refractivity contribution is 5.91. The van der Waals surface area contributed by atoms with Crippen LogP contribution >= 0.6 is 0 Å². The van der Waals surface area contributed by atoms with Crippen LogP contribution < -0.4 is 5.32 Å². The molecular weight excluding hydrogens is 405 g/mol. The molecule has 1 aliphatic heterocycles. The number of carbonyl (C=O) groups excluding carboxylic acids is 2. The molecule has 2 amide bonds. The van der Waals surface area contributed by atoms with Gasteiger partial charge in [0.15, 0.2) is 0 Å². The van der Waals surface area contributed by atoms with Crippen LogP contribution in [-0.4, -0.2) is 29.3 Å². The predicted octanol–water partition coefficient (Wildman–Crippen LogP) is 4.53. The molecule has 1 N–H and O–H groups in total. The molecule has 1 atom stereocenters. The van der Waals surface area contributed by atoms with Crippen LogP contribution in [0, 0.1) is 23.2 Å². The molecule has 168 valence electrons. The van der Waals surface area contributed by atoms with E-state index in [0.29, 0.717) is 36.3 Å². The van der Waals surface area contributed by atoms with Crippen molar-refractivity contribution in [2.75, 3.05) is 6.54 Å². The quantitative estimate of drug-likeness (QED) is 0.757. The van der Waals surface area contributed by atoms with Gasteiger partial charge in [-0.15, -0.1) is 0 Å². The average molecular weight is 435 g/mol. The van der Waals surface area contributed by atoms with Crippen LogP contribution in [0.1, 0.15) is 62.5 Å². The van der Waals surface area contributed by atoms with Gasteiger partial charge in [-0.2, -0.15) is 13.2 Å². The highest BCUT2D eigenvalue weighted by Gasteiger charge is 2.56. The zero-order chi connectivity index (χ0) is 21.8. The Morgan fingerprint density at radius 2 is 1.71 bits per heavy atom. The van der Waals surface area contributed by atoms with Crippen molar-refractivity contribution in [1.82, 2.24) is 10.2 Å². The molecular formula is C24H29F3N2O2. The Morgan fingerprint density at radius 3 is 2.32 bits per heavy atom. The largest absolute Gasteiger partial charge is 0.416 e. The molecule has 1 saturated heterocycles. The third kappa shape index (κ3) is 3.85. The van der Waals surface area contributed by atoms with Crippen molar-refractivity contribution in [2.45, 2.75) is 70.1 Å². The lowest BCUT2D eigenvalue weighted by molar-refractivity contribution is -0.160. The van der Waals surface area contributed by atoms with Crippen LogP contribution in [0.15, 0.2) is 24.3 Å². The molecule has 1 aromatic carbocycles. The van der Waals surface area contributed by atoms with Gasteiger partial charge in [-0.3, -0.25) is 9.59 Å². The van der Waals surface area contributed by atoms with Crippen LogP contribution in [0.3, 0.4) is 0 Å². The summed E-state index contributed by atoms with van der Waals surface area (Å²) in [5.41, 5.74) is -0.600. The fourth-order valence-electron chi connectivity index (χ4n) is 7.12. The van der Waals surface area contributed by atoms with E-state index in [2.05, 4.69) is 5.32 Å². The predicted molar refractivity (Wildman–Crippen MR) is 109 cm³/mol. The number of amides is 2. The first-order valence-electron chi connectivity index (χ1n) is 11.5. The van der Waals surface area contributed by atoms with Crippen molar-refractivity contribution in [3.8, 4) is 0 Å². The van der Waals surface area contributed by atoms with E-state index >= 15 is 0 Å². The molecule has 4 saturated carbocycles. The number of halogens is 3. The van der Waals surface area contributed by atoms with Gasteiger partial charge in [-0.05, 0) is 86.8 Å². The normalized spacial score (nSPS) is 34.2. The van der Waals surface area contributed by atoms with Gasteiger partial charge in [0.2, 0.25) is 11.8 Å². The zero-order valence-electron chi connectivity index (χ0n) is 17.6. The number of hydrogen-bond donors (Lipinski definition) is 1. The molecule has 0 spiro atoms. The van der Waals surface area contributed by atoms with Crippen LogP contribution in [0.25, 0.3) is 0 Å². The maximum absolute atomic E-state index is 13.7. The van der Waals surface area contributed by atoms with Crippen LogP contribution in [-0.2, 0) is 22.3 Å². The molecule has 0 aromatic heterocycles. The summed E-state index contributed by atoms with van der Waals surface area (Å²) in [5.74, 6) is 1.87. The summed E-state index contributed by atoms with van der Waals surface area (Å²) in [6.07, 6.45) is 3.67. The first kappa shape index (κ1) is 20.8. The van der Waals surface area contributed by atoms with Crippen LogP contribution in [0.2, 0.25) is 0 Å². The first-order chi connectivity index (χ1) is 14.7. The van der Waals surface area contributed by atoms with E-state index in [1.165, 1.54) is 25.3 Å². The van der Waals surface area contributed by atoms with E-state index < -0.39 is 17.8 Å². The Morgan fingerprint density at radius 1 is 1.06 bits per heavy atom. The molecule has 6 rings (SSSR count). The number of carbonyl (C=O) groups is 2. The maximum Gasteiger partial charge on any atom is 0.416 e. The Bertz CT molecular complexity index is 847. The van der Waals surface area contributed by atoms with Gasteiger partial charge in [-0.1, -0.05) is 12.1 Å². The van der Waals surface area contributed by atoms with Gasteiger partial charge in [0, 0.05) is 13.1 Å². The Balaban J connectivity index is 1.25. The van der Waals surface area contributed by atoms with E-state index in [1.807, 2.05) is 0 Å². The monoisotopic (exact) mass is 434 g/mol. The second kappa shape index (κ2) is 7.52. The van der Waals surface area contributed by atoms with Gasteiger partial charge in [-0.25, -0.2) is 0 Å². The molecule has 4 bridgehead atoms. The minimum Gasteiger partial charge on any atom is -0.350 e. The van der Waals surface area contributed by atoms with Crippen LogP contribution in [0.4, 0.5) is 13.2 Å². The van der Waals surface area contributed by atoms with Gasteiger partial charge < -0.3 is 10.2 Å². The highest BCUT2D eigenvalue weighted by Crippen LogP contribution is 2.60. The summed E-state index contributed by atoms with van der Waals surface area (Å²) in [7, 11) is 0. The van der Waals surface area contributed by atoms with E-state index in [0.717, 1.165) is 37.8 Å². The van der Waals surface area contributed by atoms with Crippen molar-refractivity contribution in [3.05, 3.63) is 35.4 Å². The molecule has 1 aromatic rings. The maximum atomic E-state index is 13.7. The van der Waals surface area contributed by atoms with Gasteiger partial charge in [0.25, 0.3) is 0 Å². The van der Waals surface area contributed by atoms with Crippen LogP contribution in [0.5, 0.6) is 0 Å². The lowest BCUT2D eigenvalue weighted by atomic mass is 9.49. The SMILES string of the molecule is O=C(NCc1cccc(C(F)(F)F)c1)C1CCCN1C(=O)C12CC3CC(CC(C3)C1)C2. The lowest BCUT2D eigenvalue weighted by Crippen LogP contribution is -2.57. The first-order valence-corrected chi connectivity index (χ1v) is 11.5. The summed E-state index contributed by atoms with van der Waals surface area (Å²) in [6, 6.07) is 4.50. The molecule has 5 aliphatic rings. The van der Waals surface area contributed by atoms with Crippen molar-refractivity contribution in [2.24, 2.45) is 23.2 Å². The molecule has 31 heavy (non-hydrogen) atoms. The van der Waals surface area contributed by atoms with Gasteiger partial charge in [0.05, 0.1) is 11.0 Å². The summed E-state index contributed by atoms with van der Waals surface area (Å²) >= 11 is 0. The van der Waals surface area contributed by atoms with E-state index in [-0.39, 0.29) is 23.8 Å². The minimum atomic E-state index is -4.41. The average Bonchev–Trinajstić information content (AvgIpc) is 3.20. The lowest BCUT2D eigenvalue weighted by Gasteiger charge is -2.56. The molecule has 4 aliphatic carbocycles. The molecule has 4 nitrogen and oxygen atoms in total. The standard InChI is InChI=1S/C24H29F3N2O2/c25-24(26,27)19-4-1-3-15(10-19)14-28-21(30)20-5-2-6-29(20)22(31)23-11-16-7-17(12-23)9-18(8-16)13-23/h1,3-4,10,16-18,20H,2,5-9,11-14H2,(H,28,30). The van der Waals surface area contributed by atoms with E-state index in [4.69, 9.17) is 0 Å². The molecule has 1 unspecified atom stereocenters. The van der Waals surface area contributed by atoms with Gasteiger partial charge >= 0.3 is 6.18 Å². The minimum absolute atomic E-state index is 0.0264. The van der Waals surface area contributed by atoms with Crippen molar-refractivity contribution in [3.63, 3.8) is 0 Å². The summed E-state index contributed by atoms with van der Waals surface area (Å²) in [5, 5.41) is 2.78. The molecule has 0 radical (unpaired) electrons. The van der Waals surface area contributed by atoms with Crippen molar-refractivity contribution >= 4 is 11.8 Å². The third-order valence-corrected chi connectivity index (χ3v) is 8.03. The van der Waals surface area contributed by atoms with Crippen molar-refractivity contribution in [1.29, 1.82) is 0 Å². The Kier molecular flexibility index (Phi) is 5.05. The summed E-state index contributed by atoms with van der Waals surface area (Å²) in [6.45, 7) is 0.626. The van der Waals surface area contributed by atoms with Gasteiger partial charge in [0.1, 0.15) is 6.04 Å². The Labute approximate surface area is 180 Å². The second-order valence-corrected chi connectivity index (χ2v) is 10.3. The Hall–Kier alpha value is -2.05. The van der Waals surface area contributed by atoms with E-state index in [9.17, 15) is 22.8 Å². The fourth-order valence-corrected chi connectivity index (χ4v) is 7.12. The number of benzene rings is 1. The molecule has 5 fully saturated rings. The number of likely N-dealkylation sites (tertiary alicyclic amines) is 1. The number of rotatable bonds is 4. The fraction of sp³-hybridized carbons (Fsp3) is 0.667. The number of nitrogens with one attached hydrogen (secondary N) is 1. The summed E-state index contributed by atoms with van der Waals surface area (Å²) < 4.78 is 38.8.